The van der Waals surface area contributed by atoms with E-state index in [0.29, 0.717) is 12.4 Å². The molecule has 2 N–H and O–H groups in total. The molecule has 0 spiro atoms. The molecule has 0 bridgehead atoms. The molecular weight excluding hydrogens is 329 g/mol. The monoisotopic (exact) mass is 349 g/mol. The molecule has 5 heteroatoms. The first kappa shape index (κ1) is 14.6. The summed E-state index contributed by atoms with van der Waals surface area (Å²) in [6.45, 7) is 6.85. The van der Waals surface area contributed by atoms with E-state index in [1.54, 1.807) is 0 Å². The van der Waals surface area contributed by atoms with E-state index in [1.165, 1.54) is 0 Å². The molecule has 0 amide bonds. The van der Waals surface area contributed by atoms with Crippen molar-refractivity contribution in [3.05, 3.63) is 15.1 Å². The zero-order chi connectivity index (χ0) is 12.8. The van der Waals surface area contributed by atoms with Crippen molar-refractivity contribution in [2.45, 2.75) is 46.1 Å². The summed E-state index contributed by atoms with van der Waals surface area (Å²) >= 11 is 2.20. The Morgan fingerprint density at radius 2 is 2.00 bits per heavy atom. The SMILES string of the molecule is CCCC(OCC)c1nc(N)c(I)c(CC)n1. The maximum Gasteiger partial charge on any atom is 0.159 e. The molecule has 1 rings (SSSR count). The number of halogens is 1. The van der Waals surface area contributed by atoms with E-state index in [2.05, 4.69) is 46.4 Å². The zero-order valence-electron chi connectivity index (χ0n) is 10.7. The molecule has 1 aromatic rings. The van der Waals surface area contributed by atoms with Crippen LogP contribution in [-0.2, 0) is 11.2 Å². The second kappa shape index (κ2) is 7.10. The van der Waals surface area contributed by atoms with Crippen LogP contribution in [0.15, 0.2) is 0 Å². The lowest BCUT2D eigenvalue weighted by Gasteiger charge is -2.16. The fraction of sp³-hybridized carbons (Fsp3) is 0.667. The maximum atomic E-state index is 5.91. The van der Waals surface area contributed by atoms with Crippen molar-refractivity contribution in [1.29, 1.82) is 0 Å². The Morgan fingerprint density at radius 1 is 1.29 bits per heavy atom. The minimum Gasteiger partial charge on any atom is -0.383 e. The molecule has 0 saturated heterocycles. The maximum absolute atomic E-state index is 5.91. The molecular formula is C12H20IN3O. The number of aromatic nitrogens is 2. The summed E-state index contributed by atoms with van der Waals surface area (Å²) in [5.74, 6) is 1.29. The third-order valence-electron chi connectivity index (χ3n) is 2.50. The second-order valence-corrected chi connectivity index (χ2v) is 4.89. The van der Waals surface area contributed by atoms with Gasteiger partial charge in [0.25, 0.3) is 0 Å². The summed E-state index contributed by atoms with van der Waals surface area (Å²) in [5.41, 5.74) is 6.92. The van der Waals surface area contributed by atoms with Gasteiger partial charge < -0.3 is 10.5 Å². The number of hydrogen-bond donors (Lipinski definition) is 1. The molecule has 17 heavy (non-hydrogen) atoms. The first-order valence-electron chi connectivity index (χ1n) is 6.07. The summed E-state index contributed by atoms with van der Waals surface area (Å²) in [4.78, 5) is 8.92. The van der Waals surface area contributed by atoms with Gasteiger partial charge in [0.2, 0.25) is 0 Å². The van der Waals surface area contributed by atoms with Gasteiger partial charge in [0.05, 0.1) is 9.26 Å². The predicted molar refractivity (Wildman–Crippen MR) is 77.8 cm³/mol. The van der Waals surface area contributed by atoms with Crippen molar-refractivity contribution in [3.8, 4) is 0 Å². The number of nitrogen functional groups attached to an aromatic ring is 1. The number of rotatable bonds is 6. The topological polar surface area (TPSA) is 61.0 Å². The Kier molecular flexibility index (Phi) is 6.11. The van der Waals surface area contributed by atoms with E-state index < -0.39 is 0 Å². The van der Waals surface area contributed by atoms with Gasteiger partial charge in [-0.1, -0.05) is 20.3 Å². The summed E-state index contributed by atoms with van der Waals surface area (Å²) in [6, 6.07) is 0. The van der Waals surface area contributed by atoms with Crippen molar-refractivity contribution in [2.75, 3.05) is 12.3 Å². The highest BCUT2D eigenvalue weighted by Crippen LogP contribution is 2.24. The fourth-order valence-corrected chi connectivity index (χ4v) is 2.28. The normalized spacial score (nSPS) is 12.7. The van der Waals surface area contributed by atoms with Gasteiger partial charge in [-0.15, -0.1) is 0 Å². The number of ether oxygens (including phenoxy) is 1. The van der Waals surface area contributed by atoms with Crippen molar-refractivity contribution in [1.82, 2.24) is 9.97 Å². The first-order chi connectivity index (χ1) is 8.13. The van der Waals surface area contributed by atoms with Crippen molar-refractivity contribution in [2.24, 2.45) is 0 Å². The van der Waals surface area contributed by atoms with Gasteiger partial charge in [-0.05, 0) is 42.4 Å². The Balaban J connectivity index is 3.06. The lowest BCUT2D eigenvalue weighted by atomic mass is 10.2. The van der Waals surface area contributed by atoms with Crippen LogP contribution in [0.2, 0.25) is 0 Å². The number of anilines is 1. The Bertz CT molecular complexity index is 365. The molecule has 0 aliphatic rings. The van der Waals surface area contributed by atoms with E-state index >= 15 is 0 Å². The van der Waals surface area contributed by atoms with E-state index in [9.17, 15) is 0 Å². The summed E-state index contributed by atoms with van der Waals surface area (Å²) in [6.07, 6.45) is 2.80. The molecule has 0 fully saturated rings. The average Bonchev–Trinajstić information content (AvgIpc) is 2.32. The van der Waals surface area contributed by atoms with Crippen molar-refractivity contribution in [3.63, 3.8) is 0 Å². The highest BCUT2D eigenvalue weighted by atomic mass is 127. The van der Waals surface area contributed by atoms with Crippen LogP contribution in [0.3, 0.4) is 0 Å². The Labute approximate surface area is 117 Å². The average molecular weight is 349 g/mol. The highest BCUT2D eigenvalue weighted by molar-refractivity contribution is 14.1. The standard InChI is InChI=1S/C12H20IN3O/c1-4-7-9(17-6-3)12-15-8(5-2)10(13)11(14)16-12/h9H,4-7H2,1-3H3,(H2,14,15,16). The molecule has 1 heterocycles. The lowest BCUT2D eigenvalue weighted by molar-refractivity contribution is 0.0493. The molecule has 1 aromatic heterocycles. The van der Waals surface area contributed by atoms with Crippen LogP contribution in [0.1, 0.15) is 51.2 Å². The fourth-order valence-electron chi connectivity index (χ4n) is 1.66. The van der Waals surface area contributed by atoms with Crippen molar-refractivity contribution < 1.29 is 4.74 Å². The summed E-state index contributed by atoms with van der Waals surface area (Å²) in [5, 5.41) is 0. The number of nitrogens with zero attached hydrogens (tertiary/aromatic N) is 2. The zero-order valence-corrected chi connectivity index (χ0v) is 12.8. The summed E-state index contributed by atoms with van der Waals surface area (Å²) in [7, 11) is 0. The number of nitrogens with two attached hydrogens (primary N) is 1. The van der Waals surface area contributed by atoms with E-state index in [-0.39, 0.29) is 6.10 Å². The van der Waals surface area contributed by atoms with Gasteiger partial charge in [-0.2, -0.15) is 0 Å². The van der Waals surface area contributed by atoms with Crippen LogP contribution < -0.4 is 5.73 Å². The van der Waals surface area contributed by atoms with Gasteiger partial charge in [-0.25, -0.2) is 9.97 Å². The predicted octanol–water partition coefficient (Wildman–Crippen LogP) is 3.10. The molecule has 4 nitrogen and oxygen atoms in total. The van der Waals surface area contributed by atoms with Gasteiger partial charge in [0, 0.05) is 6.61 Å². The Hall–Kier alpha value is -0.430. The molecule has 1 unspecified atom stereocenters. The van der Waals surface area contributed by atoms with Crippen LogP contribution in [0.25, 0.3) is 0 Å². The van der Waals surface area contributed by atoms with E-state index in [1.807, 2.05) is 6.92 Å². The molecule has 0 aliphatic heterocycles. The third kappa shape index (κ3) is 3.77. The highest BCUT2D eigenvalue weighted by Gasteiger charge is 2.17. The first-order valence-corrected chi connectivity index (χ1v) is 7.15. The molecule has 0 radical (unpaired) electrons. The Morgan fingerprint density at radius 3 is 2.53 bits per heavy atom. The third-order valence-corrected chi connectivity index (χ3v) is 3.68. The van der Waals surface area contributed by atoms with Crippen LogP contribution in [0, 0.1) is 3.57 Å². The van der Waals surface area contributed by atoms with Crippen LogP contribution >= 0.6 is 22.6 Å². The lowest BCUT2D eigenvalue weighted by Crippen LogP contribution is -2.13. The minimum absolute atomic E-state index is 0.0328. The molecule has 0 aromatic carbocycles. The van der Waals surface area contributed by atoms with Crippen molar-refractivity contribution >= 4 is 28.4 Å². The molecule has 0 aliphatic carbocycles. The molecule has 96 valence electrons. The van der Waals surface area contributed by atoms with Crippen LogP contribution in [0.5, 0.6) is 0 Å². The summed E-state index contributed by atoms with van der Waals surface area (Å²) < 4.78 is 6.64. The van der Waals surface area contributed by atoms with E-state index in [0.717, 1.165) is 34.4 Å². The van der Waals surface area contributed by atoms with Crippen LogP contribution in [0.4, 0.5) is 5.82 Å². The van der Waals surface area contributed by atoms with Gasteiger partial charge in [0.15, 0.2) is 5.82 Å². The largest absolute Gasteiger partial charge is 0.383 e. The number of aryl methyl sites for hydroxylation is 1. The van der Waals surface area contributed by atoms with E-state index in [4.69, 9.17) is 10.5 Å². The van der Waals surface area contributed by atoms with Gasteiger partial charge in [0.1, 0.15) is 11.9 Å². The van der Waals surface area contributed by atoms with Gasteiger partial charge >= 0.3 is 0 Å². The second-order valence-electron chi connectivity index (χ2n) is 3.81. The molecule has 1 atom stereocenters. The number of hydrogen-bond acceptors (Lipinski definition) is 4. The van der Waals surface area contributed by atoms with Gasteiger partial charge in [-0.3, -0.25) is 0 Å². The smallest absolute Gasteiger partial charge is 0.159 e. The van der Waals surface area contributed by atoms with Crippen LogP contribution in [-0.4, -0.2) is 16.6 Å². The quantitative estimate of drug-likeness (QED) is 0.802. The minimum atomic E-state index is -0.0328. The molecule has 0 saturated carbocycles.